The number of benzene rings is 2. The topological polar surface area (TPSA) is 34.1 Å². The Balaban J connectivity index is 2.15. The van der Waals surface area contributed by atoms with Gasteiger partial charge in [0.15, 0.2) is 5.78 Å². The highest BCUT2D eigenvalue weighted by atomic mass is 35.5. The van der Waals surface area contributed by atoms with Gasteiger partial charge in [0, 0.05) is 10.5 Å². The van der Waals surface area contributed by atoms with Gasteiger partial charge in [0.2, 0.25) is 0 Å². The van der Waals surface area contributed by atoms with Crippen LogP contribution in [0.25, 0.3) is 0 Å². The summed E-state index contributed by atoms with van der Waals surface area (Å²) in [6.45, 7) is 1.88. The summed E-state index contributed by atoms with van der Waals surface area (Å²) >= 11 is 5.64. The molecule has 2 rings (SSSR count). The third kappa shape index (κ3) is 3.52. The molecule has 2 aromatic carbocycles. The maximum Gasteiger partial charge on any atom is 0.175 e. The molecule has 0 spiro atoms. The van der Waals surface area contributed by atoms with Gasteiger partial charge in [-0.2, -0.15) is 0 Å². The number of carbonyl (C=O) groups excluding carboxylic acids is 1. The van der Waals surface area contributed by atoms with E-state index >= 15 is 0 Å². The third-order valence-electron chi connectivity index (χ3n) is 2.76. The molecule has 1 atom stereocenters. The summed E-state index contributed by atoms with van der Waals surface area (Å²) in [4.78, 5) is 12.4. The molecule has 1 unspecified atom stereocenters. The standard InChI is InChI=1S/C15H12ClFO2S/c1-10-3-2-4-11(7-10)15(18)9-20(19)12-5-6-14(17)13(16)8-12/h2-8H,9H2,1H3. The highest BCUT2D eigenvalue weighted by Gasteiger charge is 2.13. The molecular weight excluding hydrogens is 299 g/mol. The molecule has 0 heterocycles. The van der Waals surface area contributed by atoms with Gasteiger partial charge in [-0.1, -0.05) is 35.4 Å². The Morgan fingerprint density at radius 1 is 1.25 bits per heavy atom. The number of hydrogen-bond acceptors (Lipinski definition) is 2. The van der Waals surface area contributed by atoms with E-state index in [0.29, 0.717) is 10.5 Å². The van der Waals surface area contributed by atoms with Crippen molar-refractivity contribution < 1.29 is 13.4 Å². The molecule has 0 N–H and O–H groups in total. The fourth-order valence-corrected chi connectivity index (χ4v) is 3.01. The van der Waals surface area contributed by atoms with E-state index in [4.69, 9.17) is 11.6 Å². The monoisotopic (exact) mass is 310 g/mol. The van der Waals surface area contributed by atoms with Gasteiger partial charge in [0.25, 0.3) is 0 Å². The SMILES string of the molecule is Cc1cccc(C(=O)CS(=O)c2ccc(F)c(Cl)c2)c1. The van der Waals surface area contributed by atoms with E-state index in [1.807, 2.05) is 13.0 Å². The van der Waals surface area contributed by atoms with Gasteiger partial charge in [-0.15, -0.1) is 0 Å². The number of halogens is 2. The first-order chi connectivity index (χ1) is 9.47. The lowest BCUT2D eigenvalue weighted by atomic mass is 10.1. The quantitative estimate of drug-likeness (QED) is 0.805. The molecule has 2 aromatic rings. The van der Waals surface area contributed by atoms with Crippen molar-refractivity contribution in [1.29, 1.82) is 0 Å². The normalized spacial score (nSPS) is 12.2. The largest absolute Gasteiger partial charge is 0.293 e. The van der Waals surface area contributed by atoms with E-state index in [-0.39, 0.29) is 16.6 Å². The maximum absolute atomic E-state index is 13.0. The average molecular weight is 311 g/mol. The summed E-state index contributed by atoms with van der Waals surface area (Å²) in [5.41, 5.74) is 1.48. The van der Waals surface area contributed by atoms with Crippen LogP contribution in [0.5, 0.6) is 0 Å². The zero-order chi connectivity index (χ0) is 14.7. The van der Waals surface area contributed by atoms with Gasteiger partial charge in [-0.25, -0.2) is 4.39 Å². The second-order valence-corrected chi connectivity index (χ2v) is 6.22. The fraction of sp³-hybridized carbons (Fsp3) is 0.133. The first-order valence-electron chi connectivity index (χ1n) is 5.90. The first-order valence-corrected chi connectivity index (χ1v) is 7.60. The molecule has 5 heteroatoms. The van der Waals surface area contributed by atoms with E-state index in [2.05, 4.69) is 0 Å². The zero-order valence-corrected chi connectivity index (χ0v) is 12.3. The number of aryl methyl sites for hydroxylation is 1. The van der Waals surface area contributed by atoms with Crippen LogP contribution in [0.4, 0.5) is 4.39 Å². The molecule has 0 aliphatic rings. The molecule has 0 fully saturated rings. The molecule has 2 nitrogen and oxygen atoms in total. The average Bonchev–Trinajstić information content (AvgIpc) is 2.41. The minimum atomic E-state index is -1.54. The minimum Gasteiger partial charge on any atom is -0.293 e. The molecule has 0 aliphatic heterocycles. The second kappa shape index (κ2) is 6.29. The lowest BCUT2D eigenvalue weighted by Crippen LogP contribution is -2.11. The van der Waals surface area contributed by atoms with Gasteiger partial charge in [-0.05, 0) is 31.2 Å². The van der Waals surface area contributed by atoms with Gasteiger partial charge in [-0.3, -0.25) is 9.00 Å². The van der Waals surface area contributed by atoms with E-state index < -0.39 is 16.6 Å². The van der Waals surface area contributed by atoms with E-state index in [1.54, 1.807) is 18.2 Å². The van der Waals surface area contributed by atoms with E-state index in [1.165, 1.54) is 12.1 Å². The van der Waals surface area contributed by atoms with Crippen LogP contribution in [0, 0.1) is 12.7 Å². The number of ketones is 1. The van der Waals surface area contributed by atoms with Crippen LogP contribution in [0.2, 0.25) is 5.02 Å². The van der Waals surface area contributed by atoms with E-state index in [9.17, 15) is 13.4 Å². The van der Waals surface area contributed by atoms with Crippen molar-refractivity contribution in [2.75, 3.05) is 5.75 Å². The summed E-state index contributed by atoms with van der Waals surface area (Å²) < 4.78 is 25.1. The number of hydrogen-bond donors (Lipinski definition) is 0. The van der Waals surface area contributed by atoms with Crippen molar-refractivity contribution in [3.05, 3.63) is 64.4 Å². The van der Waals surface area contributed by atoms with Crippen LogP contribution in [0.3, 0.4) is 0 Å². The highest BCUT2D eigenvalue weighted by molar-refractivity contribution is 7.85. The molecular formula is C15H12ClFO2S. The van der Waals surface area contributed by atoms with Gasteiger partial charge < -0.3 is 0 Å². The molecule has 0 amide bonds. The van der Waals surface area contributed by atoms with E-state index in [0.717, 1.165) is 11.6 Å². The lowest BCUT2D eigenvalue weighted by Gasteiger charge is -2.04. The first kappa shape index (κ1) is 14.9. The fourth-order valence-electron chi connectivity index (χ4n) is 1.72. The molecule has 0 bridgehead atoms. The number of carbonyl (C=O) groups is 1. The smallest absolute Gasteiger partial charge is 0.175 e. The van der Waals surface area contributed by atoms with Crippen molar-refractivity contribution >= 4 is 28.2 Å². The minimum absolute atomic E-state index is 0.0983. The van der Waals surface area contributed by atoms with Crippen molar-refractivity contribution in [3.8, 4) is 0 Å². The predicted octanol–water partition coefficient (Wildman–Crippen LogP) is 3.78. The number of rotatable bonds is 4. The van der Waals surface area contributed by atoms with Crippen LogP contribution in [-0.4, -0.2) is 15.7 Å². The highest BCUT2D eigenvalue weighted by Crippen LogP contribution is 2.19. The van der Waals surface area contributed by atoms with Gasteiger partial charge in [0.05, 0.1) is 21.6 Å². The van der Waals surface area contributed by atoms with Gasteiger partial charge in [0.1, 0.15) is 5.82 Å². The Morgan fingerprint density at radius 3 is 2.65 bits per heavy atom. The summed E-state index contributed by atoms with van der Waals surface area (Å²) in [5, 5.41) is -0.0983. The summed E-state index contributed by atoms with van der Waals surface area (Å²) in [6.07, 6.45) is 0. The Labute approximate surface area is 124 Å². The van der Waals surface area contributed by atoms with Crippen molar-refractivity contribution in [2.24, 2.45) is 0 Å². The van der Waals surface area contributed by atoms with Gasteiger partial charge >= 0.3 is 0 Å². The number of Topliss-reactive ketones (excluding diaryl/α,β-unsaturated/α-hetero) is 1. The second-order valence-electron chi connectivity index (χ2n) is 4.36. The predicted molar refractivity (Wildman–Crippen MR) is 78.2 cm³/mol. The summed E-state index contributed by atoms with van der Waals surface area (Å²) in [7, 11) is -1.54. The maximum atomic E-state index is 13.0. The Morgan fingerprint density at radius 2 is 2.00 bits per heavy atom. The summed E-state index contributed by atoms with van der Waals surface area (Å²) in [5.74, 6) is -0.935. The molecule has 0 radical (unpaired) electrons. The van der Waals surface area contributed by atoms with Crippen LogP contribution in [0.15, 0.2) is 47.4 Å². The zero-order valence-electron chi connectivity index (χ0n) is 10.7. The molecule has 0 saturated heterocycles. The Hall–Kier alpha value is -1.52. The van der Waals surface area contributed by atoms with Crippen molar-refractivity contribution in [3.63, 3.8) is 0 Å². The van der Waals surface area contributed by atoms with Crippen LogP contribution in [-0.2, 0) is 10.8 Å². The third-order valence-corrected chi connectivity index (χ3v) is 4.35. The van der Waals surface area contributed by atoms with Crippen molar-refractivity contribution in [2.45, 2.75) is 11.8 Å². The Bertz CT molecular complexity index is 685. The molecule has 104 valence electrons. The lowest BCUT2D eigenvalue weighted by molar-refractivity contribution is 0.102. The molecule has 0 aliphatic carbocycles. The van der Waals surface area contributed by atoms with Crippen LogP contribution in [0.1, 0.15) is 15.9 Å². The van der Waals surface area contributed by atoms with Crippen molar-refractivity contribution in [1.82, 2.24) is 0 Å². The molecule has 20 heavy (non-hydrogen) atoms. The molecule has 0 saturated carbocycles. The van der Waals surface area contributed by atoms with Crippen LogP contribution >= 0.6 is 11.6 Å². The molecule has 0 aromatic heterocycles. The Kier molecular flexibility index (Phi) is 4.68. The summed E-state index contributed by atoms with van der Waals surface area (Å²) in [6, 6.07) is 10.9. The van der Waals surface area contributed by atoms with Crippen LogP contribution < -0.4 is 0 Å².